The average molecular weight is 403 g/mol. The van der Waals surface area contributed by atoms with E-state index in [0.717, 1.165) is 44.2 Å². The molecule has 0 radical (unpaired) electrons. The van der Waals surface area contributed by atoms with Crippen molar-refractivity contribution in [3.05, 3.63) is 52.8 Å². The van der Waals surface area contributed by atoms with Crippen LogP contribution in [-0.4, -0.2) is 21.3 Å². The molecule has 0 spiro atoms. The van der Waals surface area contributed by atoms with Gasteiger partial charge in [-0.05, 0) is 55.4 Å². The molecule has 0 unspecified atom stereocenters. The first kappa shape index (κ1) is 18.5. The molecule has 2 aromatic rings. The zero-order valence-corrected chi connectivity index (χ0v) is 18.0. The second kappa shape index (κ2) is 6.15. The second-order valence-electron chi connectivity index (χ2n) is 10.7. The summed E-state index contributed by atoms with van der Waals surface area (Å²) in [6.07, 6.45) is 6.43. The molecule has 0 saturated heterocycles. The van der Waals surface area contributed by atoms with Crippen molar-refractivity contribution in [3.8, 4) is 0 Å². The van der Waals surface area contributed by atoms with Crippen molar-refractivity contribution in [2.24, 2.45) is 23.2 Å². The van der Waals surface area contributed by atoms with Gasteiger partial charge in [0, 0.05) is 34.9 Å². The van der Waals surface area contributed by atoms with E-state index >= 15 is 0 Å². The summed E-state index contributed by atoms with van der Waals surface area (Å²) in [5.74, 6) is 2.27. The van der Waals surface area contributed by atoms with Crippen LogP contribution in [0.2, 0.25) is 0 Å². The maximum atomic E-state index is 12.8. The average Bonchev–Trinajstić information content (AvgIpc) is 3.25. The first-order chi connectivity index (χ1) is 14.4. The number of Topliss-reactive ketones (excluding diaryl/α,β-unsaturated/α-hetero) is 2. The van der Waals surface area contributed by atoms with Crippen LogP contribution in [0.4, 0.5) is 0 Å². The highest BCUT2D eigenvalue weighted by Crippen LogP contribution is 2.63. The predicted octanol–water partition coefficient (Wildman–Crippen LogP) is 4.73. The molecule has 2 fully saturated rings. The molecule has 4 heteroatoms. The van der Waals surface area contributed by atoms with E-state index in [9.17, 15) is 9.59 Å². The minimum absolute atomic E-state index is 0.0173. The van der Waals surface area contributed by atoms with E-state index in [1.165, 1.54) is 16.8 Å². The van der Waals surface area contributed by atoms with Gasteiger partial charge in [0.05, 0.1) is 6.54 Å². The predicted molar refractivity (Wildman–Crippen MR) is 114 cm³/mol. The molecule has 1 heterocycles. The number of rotatable bonds is 2. The van der Waals surface area contributed by atoms with Crippen molar-refractivity contribution in [2.45, 2.75) is 70.8 Å². The summed E-state index contributed by atoms with van der Waals surface area (Å²) in [6.45, 7) is 5.34. The molecule has 4 aliphatic rings. The number of aromatic nitrogens is 2. The summed E-state index contributed by atoms with van der Waals surface area (Å²) in [5, 5.41) is 4.91. The highest BCUT2D eigenvalue weighted by Gasteiger charge is 2.60. The fourth-order valence-electron chi connectivity index (χ4n) is 7.73. The fraction of sp³-hybridized carbons (Fsp3) is 0.577. The molecule has 1 aromatic carbocycles. The van der Waals surface area contributed by atoms with Crippen LogP contribution >= 0.6 is 0 Å². The lowest BCUT2D eigenvalue weighted by atomic mass is 9.48. The van der Waals surface area contributed by atoms with Gasteiger partial charge in [0.15, 0.2) is 5.78 Å². The summed E-state index contributed by atoms with van der Waals surface area (Å²) < 4.78 is 2.13. The third-order valence-electron chi connectivity index (χ3n) is 9.33. The Labute approximate surface area is 178 Å². The Morgan fingerprint density at radius 3 is 2.57 bits per heavy atom. The lowest BCUT2D eigenvalue weighted by molar-refractivity contribution is -0.131. The van der Waals surface area contributed by atoms with Gasteiger partial charge in [-0.15, -0.1) is 0 Å². The van der Waals surface area contributed by atoms with E-state index in [2.05, 4.69) is 42.8 Å². The molecule has 1 aromatic heterocycles. The second-order valence-corrected chi connectivity index (χ2v) is 10.7. The number of carbonyl (C=O) groups excluding carboxylic acids is 2. The van der Waals surface area contributed by atoms with Gasteiger partial charge >= 0.3 is 0 Å². The van der Waals surface area contributed by atoms with E-state index in [1.54, 1.807) is 0 Å². The first-order valence-corrected chi connectivity index (χ1v) is 11.6. The summed E-state index contributed by atoms with van der Waals surface area (Å²) in [4.78, 5) is 25.6. The largest absolute Gasteiger partial charge is 0.299 e. The van der Waals surface area contributed by atoms with E-state index in [0.29, 0.717) is 36.5 Å². The lowest BCUT2D eigenvalue weighted by Gasteiger charge is -2.55. The highest BCUT2D eigenvalue weighted by molar-refractivity contribution is 5.97. The third-order valence-corrected chi connectivity index (χ3v) is 9.33. The van der Waals surface area contributed by atoms with Gasteiger partial charge in [-0.3, -0.25) is 14.3 Å². The smallest absolute Gasteiger partial charge is 0.183 e. The molecule has 2 saturated carbocycles. The quantitative estimate of drug-likeness (QED) is 0.729. The van der Waals surface area contributed by atoms with Crippen LogP contribution in [0, 0.1) is 23.2 Å². The zero-order chi connectivity index (χ0) is 20.7. The molecule has 0 amide bonds. The molecule has 0 aliphatic heterocycles. The first-order valence-electron chi connectivity index (χ1n) is 11.6. The van der Waals surface area contributed by atoms with Gasteiger partial charge < -0.3 is 0 Å². The number of hydrogen-bond acceptors (Lipinski definition) is 3. The maximum absolute atomic E-state index is 12.8. The molecule has 4 aliphatic carbocycles. The molecule has 0 bridgehead atoms. The number of benzene rings is 1. The topological polar surface area (TPSA) is 52.0 Å². The summed E-state index contributed by atoms with van der Waals surface area (Å²) >= 11 is 0. The molecular formula is C26H30N2O2. The Morgan fingerprint density at radius 2 is 1.77 bits per heavy atom. The maximum Gasteiger partial charge on any atom is 0.183 e. The standard InChI is InChI=1S/C26H30N2O2/c1-25-12-10-19-17(18(25)8-9-22(25)30)14-20-23-24(21(29)11-13-26(19,23)2)27-28(20)15-16-6-4-3-5-7-16/h3-7,17-19H,8-15H2,1-2H3/t17-,18-,19-,25-,26+/m0/s1. The number of nitrogens with zero attached hydrogens (tertiary/aromatic N) is 2. The van der Waals surface area contributed by atoms with Crippen LogP contribution in [0.1, 0.15) is 79.7 Å². The van der Waals surface area contributed by atoms with Gasteiger partial charge in [0.25, 0.3) is 0 Å². The molecule has 5 atom stereocenters. The van der Waals surface area contributed by atoms with Crippen molar-refractivity contribution in [3.63, 3.8) is 0 Å². The minimum Gasteiger partial charge on any atom is -0.299 e. The van der Waals surface area contributed by atoms with Crippen LogP contribution in [0.15, 0.2) is 30.3 Å². The van der Waals surface area contributed by atoms with Crippen LogP contribution in [-0.2, 0) is 23.2 Å². The van der Waals surface area contributed by atoms with Crippen molar-refractivity contribution in [1.29, 1.82) is 0 Å². The molecule has 30 heavy (non-hydrogen) atoms. The highest BCUT2D eigenvalue weighted by atomic mass is 16.1. The molecular weight excluding hydrogens is 372 g/mol. The van der Waals surface area contributed by atoms with Crippen LogP contribution in [0.3, 0.4) is 0 Å². The Morgan fingerprint density at radius 1 is 1.00 bits per heavy atom. The number of hydrogen-bond donors (Lipinski definition) is 0. The van der Waals surface area contributed by atoms with E-state index < -0.39 is 0 Å². The third kappa shape index (κ3) is 2.31. The molecule has 0 N–H and O–H groups in total. The van der Waals surface area contributed by atoms with Gasteiger partial charge in [0.2, 0.25) is 0 Å². The number of fused-ring (bicyclic) bond motifs is 4. The number of ketones is 2. The number of carbonyl (C=O) groups is 2. The Hall–Kier alpha value is -2.23. The van der Waals surface area contributed by atoms with Gasteiger partial charge in [-0.2, -0.15) is 5.10 Å². The van der Waals surface area contributed by atoms with Gasteiger partial charge in [0.1, 0.15) is 11.5 Å². The van der Waals surface area contributed by atoms with E-state index in [-0.39, 0.29) is 16.6 Å². The summed E-state index contributed by atoms with van der Waals surface area (Å²) in [7, 11) is 0. The SMILES string of the molecule is C[C@]12CCC(=O)c3nn(Cc4ccccc4)c(c31)C[C@@H]1[C@@H]2CC[C@]2(C)C(=O)CC[C@@H]12. The van der Waals surface area contributed by atoms with Crippen molar-refractivity contribution < 1.29 is 9.59 Å². The monoisotopic (exact) mass is 402 g/mol. The zero-order valence-electron chi connectivity index (χ0n) is 18.0. The normalized spacial score (nSPS) is 36.9. The van der Waals surface area contributed by atoms with Crippen molar-refractivity contribution in [1.82, 2.24) is 9.78 Å². The van der Waals surface area contributed by atoms with Crippen molar-refractivity contribution >= 4 is 11.6 Å². The Kier molecular flexibility index (Phi) is 3.80. The Balaban J connectivity index is 1.49. The summed E-state index contributed by atoms with van der Waals surface area (Å²) in [5.41, 5.74) is 4.37. The van der Waals surface area contributed by atoms with Gasteiger partial charge in [-0.25, -0.2) is 0 Å². The van der Waals surface area contributed by atoms with E-state index in [4.69, 9.17) is 5.10 Å². The minimum atomic E-state index is -0.132. The molecule has 6 rings (SSSR count). The fourth-order valence-corrected chi connectivity index (χ4v) is 7.73. The summed E-state index contributed by atoms with van der Waals surface area (Å²) in [6, 6.07) is 10.4. The lowest BCUT2D eigenvalue weighted by Crippen LogP contribution is -2.53. The Bertz CT molecular complexity index is 1050. The van der Waals surface area contributed by atoms with Crippen LogP contribution < -0.4 is 0 Å². The van der Waals surface area contributed by atoms with Crippen molar-refractivity contribution in [2.75, 3.05) is 0 Å². The van der Waals surface area contributed by atoms with Crippen LogP contribution in [0.25, 0.3) is 0 Å². The van der Waals surface area contributed by atoms with E-state index in [1.807, 2.05) is 6.07 Å². The van der Waals surface area contributed by atoms with Gasteiger partial charge in [-0.1, -0.05) is 44.2 Å². The van der Waals surface area contributed by atoms with Crippen LogP contribution in [0.5, 0.6) is 0 Å². The molecule has 156 valence electrons. The molecule has 4 nitrogen and oxygen atoms in total.